The third kappa shape index (κ3) is 10.5. The fourth-order valence-corrected chi connectivity index (χ4v) is 5.82. The summed E-state index contributed by atoms with van der Waals surface area (Å²) < 4.78 is 11.4. The van der Waals surface area contributed by atoms with Gasteiger partial charge < -0.3 is 19.9 Å². The number of halogens is 1. The zero-order valence-electron chi connectivity index (χ0n) is 27.5. The highest BCUT2D eigenvalue weighted by Crippen LogP contribution is 2.40. The van der Waals surface area contributed by atoms with Crippen LogP contribution in [0.2, 0.25) is 5.02 Å². The van der Waals surface area contributed by atoms with Gasteiger partial charge in [0.05, 0.1) is 17.7 Å². The van der Waals surface area contributed by atoms with Gasteiger partial charge in [-0.25, -0.2) is 4.79 Å². The van der Waals surface area contributed by atoms with Gasteiger partial charge in [0.1, 0.15) is 22.8 Å². The number of hydrogen-bond acceptors (Lipinski definition) is 6. The van der Waals surface area contributed by atoms with E-state index in [1.807, 2.05) is 25.2 Å². The Labute approximate surface area is 279 Å². The number of aromatic hydroxyl groups is 1. The second kappa shape index (κ2) is 18.0. The lowest BCUT2D eigenvalue weighted by atomic mass is 9.79. The van der Waals surface area contributed by atoms with Crippen LogP contribution in [0.1, 0.15) is 99.0 Å². The van der Waals surface area contributed by atoms with Crippen LogP contribution >= 0.6 is 11.6 Å². The van der Waals surface area contributed by atoms with Gasteiger partial charge in [0.25, 0.3) is 0 Å². The first-order chi connectivity index (χ1) is 22.2. The Morgan fingerprint density at radius 1 is 0.935 bits per heavy atom. The van der Waals surface area contributed by atoms with Gasteiger partial charge in [-0.2, -0.15) is 0 Å². The van der Waals surface area contributed by atoms with Gasteiger partial charge in [-0.15, -0.1) is 0 Å². The maximum Gasteiger partial charge on any atom is 0.347 e. The van der Waals surface area contributed by atoms with Crippen molar-refractivity contribution in [2.45, 2.75) is 96.1 Å². The van der Waals surface area contributed by atoms with Gasteiger partial charge in [0.2, 0.25) is 5.91 Å². The number of phenols is 1. The van der Waals surface area contributed by atoms with Crippen molar-refractivity contribution in [3.05, 3.63) is 88.4 Å². The fraction of sp³-hybridized carbons (Fsp3) is 0.474. The van der Waals surface area contributed by atoms with Gasteiger partial charge >= 0.3 is 5.97 Å². The number of benzene rings is 3. The van der Waals surface area contributed by atoms with Crippen LogP contribution in [0, 0.1) is 0 Å². The number of unbranched alkanes of at least 4 members (excludes halogenated alkanes) is 5. The quantitative estimate of drug-likeness (QED) is 0.0819. The first-order valence-electron chi connectivity index (χ1n) is 16.7. The monoisotopic (exact) mass is 648 g/mol. The average molecular weight is 649 g/mol. The number of carbonyl (C=O) groups is 2. The highest BCUT2D eigenvalue weighted by Gasteiger charge is 2.26. The third-order valence-electron chi connectivity index (χ3n) is 8.94. The molecule has 0 heterocycles. The Kier molecular flexibility index (Phi) is 13.8. The highest BCUT2D eigenvalue weighted by atomic mass is 35.5. The topological polar surface area (TPSA) is 88.1 Å². The molecule has 1 aliphatic carbocycles. The van der Waals surface area contributed by atoms with Crippen LogP contribution in [-0.2, 0) is 11.2 Å². The van der Waals surface area contributed by atoms with Crippen molar-refractivity contribution < 1.29 is 24.2 Å². The van der Waals surface area contributed by atoms with Crippen LogP contribution in [0.25, 0.3) is 0 Å². The Bertz CT molecular complexity index is 1390. The number of likely N-dealkylation sites (N-methyl/N-ethyl adjacent to an activating group) is 1. The molecular formula is C38H49ClN2O5. The van der Waals surface area contributed by atoms with Crippen molar-refractivity contribution in [2.75, 3.05) is 20.2 Å². The van der Waals surface area contributed by atoms with Gasteiger partial charge in [-0.1, -0.05) is 74.0 Å². The molecule has 0 saturated heterocycles. The number of carbonyl (C=O) groups excluding carboxylic acids is 2. The van der Waals surface area contributed by atoms with Crippen molar-refractivity contribution in [1.82, 2.24) is 10.2 Å². The zero-order valence-corrected chi connectivity index (χ0v) is 28.2. The van der Waals surface area contributed by atoms with Crippen LogP contribution in [-0.4, -0.2) is 54.2 Å². The molecule has 7 nitrogen and oxygen atoms in total. The second-order valence-corrected chi connectivity index (χ2v) is 13.0. The van der Waals surface area contributed by atoms with E-state index in [0.717, 1.165) is 63.4 Å². The highest BCUT2D eigenvalue weighted by molar-refractivity contribution is 6.32. The lowest BCUT2D eigenvalue weighted by Crippen LogP contribution is -2.49. The van der Waals surface area contributed by atoms with Crippen molar-refractivity contribution >= 4 is 23.5 Å². The van der Waals surface area contributed by atoms with Crippen molar-refractivity contribution in [3.8, 4) is 17.2 Å². The maximum atomic E-state index is 13.0. The van der Waals surface area contributed by atoms with E-state index in [0.29, 0.717) is 37.0 Å². The first kappa shape index (κ1) is 35.3. The van der Waals surface area contributed by atoms with E-state index >= 15 is 0 Å². The van der Waals surface area contributed by atoms with Crippen molar-refractivity contribution in [1.29, 1.82) is 0 Å². The van der Waals surface area contributed by atoms with Gasteiger partial charge in [0, 0.05) is 12.6 Å². The van der Waals surface area contributed by atoms with E-state index in [2.05, 4.69) is 36.2 Å². The summed E-state index contributed by atoms with van der Waals surface area (Å²) in [5.74, 6) is 0.670. The summed E-state index contributed by atoms with van der Waals surface area (Å²) in [6.07, 6.45) is 10.3. The molecule has 1 unspecified atom stereocenters. The molecule has 46 heavy (non-hydrogen) atoms. The molecule has 0 aromatic heterocycles. The standard InChI is InChI=1S/C38H49ClN2O5/c1-27(2)41(3)35(24-28-14-9-8-10-15-28)37(43)40-22-11-6-4-5-7-12-23-45-31-18-20-32(21-19-31)46-38(44)33-25-30(29-16-13-17-29)26-34(39)36(33)42/h8-10,14-15,18-21,25-27,29,35,42H,4-7,11-13,16-17,22-24H2,1-3H3,(H,40,43). The molecule has 2 N–H and O–H groups in total. The molecule has 1 atom stereocenters. The van der Waals surface area contributed by atoms with Gasteiger partial charge in [-0.05, 0) is 106 Å². The molecule has 248 valence electrons. The molecule has 0 aliphatic heterocycles. The number of ether oxygens (including phenoxy) is 2. The number of amides is 1. The van der Waals surface area contributed by atoms with E-state index in [1.54, 1.807) is 36.4 Å². The number of hydrogen-bond donors (Lipinski definition) is 2. The molecule has 1 amide bonds. The molecule has 0 radical (unpaired) electrons. The predicted octanol–water partition coefficient (Wildman–Crippen LogP) is 8.32. The largest absolute Gasteiger partial charge is 0.505 e. The maximum absolute atomic E-state index is 13.0. The molecule has 1 fully saturated rings. The molecule has 1 aliphatic rings. The molecular weight excluding hydrogens is 600 g/mol. The van der Waals surface area contributed by atoms with Crippen LogP contribution in [0.4, 0.5) is 0 Å². The average Bonchev–Trinajstić information content (AvgIpc) is 3.02. The SMILES string of the molecule is CC(C)N(C)C(Cc1ccccc1)C(=O)NCCCCCCCCOc1ccc(OC(=O)c2cc(C3CCC3)cc(Cl)c2O)cc1. The minimum absolute atomic E-state index is 0.0847. The molecule has 3 aromatic carbocycles. The third-order valence-corrected chi connectivity index (χ3v) is 9.22. The smallest absolute Gasteiger partial charge is 0.347 e. The molecule has 1 saturated carbocycles. The van der Waals surface area contributed by atoms with E-state index in [-0.39, 0.29) is 34.3 Å². The van der Waals surface area contributed by atoms with E-state index in [4.69, 9.17) is 21.1 Å². The molecule has 8 heteroatoms. The predicted molar refractivity (Wildman–Crippen MR) is 184 cm³/mol. The summed E-state index contributed by atoms with van der Waals surface area (Å²) in [7, 11) is 2.02. The molecule has 4 rings (SSSR count). The minimum atomic E-state index is -0.636. The van der Waals surface area contributed by atoms with E-state index < -0.39 is 5.97 Å². The number of nitrogens with one attached hydrogen (secondary N) is 1. The first-order valence-corrected chi connectivity index (χ1v) is 17.1. The Balaban J connectivity index is 1.08. The zero-order chi connectivity index (χ0) is 32.9. The Morgan fingerprint density at radius 3 is 2.24 bits per heavy atom. The summed E-state index contributed by atoms with van der Waals surface area (Å²) >= 11 is 6.19. The van der Waals surface area contributed by atoms with Gasteiger partial charge in [-0.3, -0.25) is 9.69 Å². The number of nitrogens with zero attached hydrogens (tertiary/aromatic N) is 1. The summed E-state index contributed by atoms with van der Waals surface area (Å²) in [4.78, 5) is 27.9. The number of esters is 1. The van der Waals surface area contributed by atoms with E-state index in [1.165, 1.54) is 5.56 Å². The van der Waals surface area contributed by atoms with Crippen LogP contribution in [0.15, 0.2) is 66.7 Å². The Hall–Kier alpha value is -3.55. The second-order valence-electron chi connectivity index (χ2n) is 12.6. The summed E-state index contributed by atoms with van der Waals surface area (Å²) in [6, 6.07) is 20.7. The van der Waals surface area contributed by atoms with Gasteiger partial charge in [0.15, 0.2) is 0 Å². The minimum Gasteiger partial charge on any atom is -0.505 e. The normalized spacial score (nSPS) is 13.8. The lowest BCUT2D eigenvalue weighted by Gasteiger charge is -2.30. The van der Waals surface area contributed by atoms with Crippen LogP contribution in [0.5, 0.6) is 17.2 Å². The Morgan fingerprint density at radius 2 is 1.59 bits per heavy atom. The number of rotatable bonds is 18. The van der Waals surface area contributed by atoms with E-state index in [9.17, 15) is 14.7 Å². The summed E-state index contributed by atoms with van der Waals surface area (Å²) in [5, 5.41) is 13.7. The molecule has 0 bridgehead atoms. The lowest BCUT2D eigenvalue weighted by molar-refractivity contribution is -0.126. The van der Waals surface area contributed by atoms with Crippen LogP contribution in [0.3, 0.4) is 0 Å². The van der Waals surface area contributed by atoms with Crippen molar-refractivity contribution in [2.24, 2.45) is 0 Å². The summed E-state index contributed by atoms with van der Waals surface area (Å²) in [6.45, 7) is 5.55. The number of phenolic OH excluding ortho intramolecular Hbond substituents is 1. The van der Waals surface area contributed by atoms with Crippen LogP contribution < -0.4 is 14.8 Å². The fourth-order valence-electron chi connectivity index (χ4n) is 5.59. The van der Waals surface area contributed by atoms with Crippen molar-refractivity contribution in [3.63, 3.8) is 0 Å². The molecule has 0 spiro atoms. The molecule has 3 aromatic rings. The summed E-state index contributed by atoms with van der Waals surface area (Å²) in [5.41, 5.74) is 2.22.